The molecule has 6 nitrogen and oxygen atoms in total. The normalized spacial score (nSPS) is 13.1. The Morgan fingerprint density at radius 3 is 2.73 bits per heavy atom. The fourth-order valence-corrected chi connectivity index (χ4v) is 3.11. The van der Waals surface area contributed by atoms with Crippen LogP contribution >= 0.6 is 0 Å². The molecule has 2 aromatic carbocycles. The van der Waals surface area contributed by atoms with Crippen LogP contribution in [0.15, 0.2) is 42.5 Å². The standard InChI is InChI=1S/C20H23N3O3/c1-14-6-3-4-8-17(14)22-20(25)21-16-10-9-15-7-5-11-23(18(15)12-16)19(24)13-26-2/h3-4,6,8-10,12H,5,7,11,13H2,1-2H3,(H2,21,22,25). The molecule has 0 spiro atoms. The van der Waals surface area contributed by atoms with E-state index in [0.29, 0.717) is 12.2 Å². The summed E-state index contributed by atoms with van der Waals surface area (Å²) in [5, 5.41) is 5.68. The Hall–Kier alpha value is -2.86. The van der Waals surface area contributed by atoms with Gasteiger partial charge in [0.25, 0.3) is 5.91 Å². The van der Waals surface area contributed by atoms with Crippen molar-refractivity contribution in [3.63, 3.8) is 0 Å². The van der Waals surface area contributed by atoms with Gasteiger partial charge < -0.3 is 20.3 Å². The summed E-state index contributed by atoms with van der Waals surface area (Å²) in [7, 11) is 1.51. The van der Waals surface area contributed by atoms with Crippen LogP contribution in [0.4, 0.5) is 21.9 Å². The van der Waals surface area contributed by atoms with Gasteiger partial charge in [-0.05, 0) is 49.1 Å². The van der Waals surface area contributed by atoms with Crippen LogP contribution in [0.25, 0.3) is 0 Å². The van der Waals surface area contributed by atoms with Crippen LogP contribution in [-0.2, 0) is 16.0 Å². The summed E-state index contributed by atoms with van der Waals surface area (Å²) < 4.78 is 4.97. The Bertz CT molecular complexity index is 820. The SMILES string of the molecule is COCC(=O)N1CCCc2ccc(NC(=O)Nc3ccccc3C)cc21. The van der Waals surface area contributed by atoms with Gasteiger partial charge in [0.2, 0.25) is 0 Å². The van der Waals surface area contributed by atoms with E-state index in [0.717, 1.165) is 35.3 Å². The molecular formula is C20H23N3O3. The van der Waals surface area contributed by atoms with Gasteiger partial charge in [0.15, 0.2) is 0 Å². The molecule has 3 amide bonds. The molecule has 0 fully saturated rings. The number of nitrogens with one attached hydrogen (secondary N) is 2. The van der Waals surface area contributed by atoms with Crippen LogP contribution in [0.5, 0.6) is 0 Å². The number of para-hydroxylation sites is 1. The van der Waals surface area contributed by atoms with Gasteiger partial charge in [0.05, 0.1) is 0 Å². The molecule has 6 heteroatoms. The number of fused-ring (bicyclic) bond motifs is 1. The average molecular weight is 353 g/mol. The minimum atomic E-state index is -0.315. The smallest absolute Gasteiger partial charge is 0.323 e. The number of amides is 3. The highest BCUT2D eigenvalue weighted by Crippen LogP contribution is 2.30. The Kier molecular flexibility index (Phi) is 5.53. The molecule has 136 valence electrons. The number of carbonyl (C=O) groups excluding carboxylic acids is 2. The van der Waals surface area contributed by atoms with E-state index in [1.54, 1.807) is 4.90 Å². The van der Waals surface area contributed by atoms with Gasteiger partial charge in [-0.3, -0.25) is 4.79 Å². The molecule has 1 aliphatic heterocycles. The van der Waals surface area contributed by atoms with Crippen LogP contribution < -0.4 is 15.5 Å². The maximum Gasteiger partial charge on any atom is 0.323 e. The predicted octanol–water partition coefficient (Wildman–Crippen LogP) is 3.56. The van der Waals surface area contributed by atoms with E-state index in [-0.39, 0.29) is 18.5 Å². The zero-order valence-electron chi connectivity index (χ0n) is 15.0. The van der Waals surface area contributed by atoms with Crippen LogP contribution in [0.3, 0.4) is 0 Å². The van der Waals surface area contributed by atoms with Crippen molar-refractivity contribution in [3.8, 4) is 0 Å². The van der Waals surface area contributed by atoms with Gasteiger partial charge in [0, 0.05) is 30.7 Å². The lowest BCUT2D eigenvalue weighted by Crippen LogP contribution is -2.37. The van der Waals surface area contributed by atoms with Gasteiger partial charge in [-0.25, -0.2) is 4.79 Å². The Morgan fingerprint density at radius 1 is 1.15 bits per heavy atom. The minimum Gasteiger partial charge on any atom is -0.375 e. The van der Waals surface area contributed by atoms with Crippen molar-refractivity contribution in [1.82, 2.24) is 0 Å². The van der Waals surface area contributed by atoms with E-state index in [1.807, 2.05) is 49.4 Å². The summed E-state index contributed by atoms with van der Waals surface area (Å²) >= 11 is 0. The monoisotopic (exact) mass is 353 g/mol. The number of nitrogens with zero attached hydrogens (tertiary/aromatic N) is 1. The number of carbonyl (C=O) groups is 2. The third-order valence-corrected chi connectivity index (χ3v) is 4.42. The molecule has 0 unspecified atom stereocenters. The largest absolute Gasteiger partial charge is 0.375 e. The van der Waals surface area contributed by atoms with Crippen molar-refractivity contribution in [2.75, 3.05) is 35.8 Å². The first-order valence-electron chi connectivity index (χ1n) is 8.64. The molecule has 1 aliphatic rings. The molecule has 2 N–H and O–H groups in total. The van der Waals surface area contributed by atoms with E-state index in [2.05, 4.69) is 10.6 Å². The highest BCUT2D eigenvalue weighted by atomic mass is 16.5. The minimum absolute atomic E-state index is 0.0465. The molecule has 0 aliphatic carbocycles. The van der Waals surface area contributed by atoms with Gasteiger partial charge in [-0.15, -0.1) is 0 Å². The van der Waals surface area contributed by atoms with Crippen LogP contribution in [0.1, 0.15) is 17.5 Å². The summed E-state index contributed by atoms with van der Waals surface area (Å²) in [6.07, 6.45) is 1.84. The summed E-state index contributed by atoms with van der Waals surface area (Å²) in [4.78, 5) is 26.3. The Morgan fingerprint density at radius 2 is 1.96 bits per heavy atom. The van der Waals surface area contributed by atoms with Crippen molar-refractivity contribution in [2.24, 2.45) is 0 Å². The number of aryl methyl sites for hydroxylation is 2. The van der Waals surface area contributed by atoms with Gasteiger partial charge in [-0.1, -0.05) is 24.3 Å². The summed E-state index contributed by atoms with van der Waals surface area (Å²) in [6, 6.07) is 12.9. The number of benzene rings is 2. The summed E-state index contributed by atoms with van der Waals surface area (Å²) in [5.74, 6) is -0.0741. The quantitative estimate of drug-likeness (QED) is 0.883. The van der Waals surface area contributed by atoms with E-state index in [1.165, 1.54) is 7.11 Å². The lowest BCUT2D eigenvalue weighted by Gasteiger charge is -2.30. The first-order valence-corrected chi connectivity index (χ1v) is 8.64. The zero-order chi connectivity index (χ0) is 18.5. The zero-order valence-corrected chi connectivity index (χ0v) is 15.0. The number of hydrogen-bond donors (Lipinski definition) is 2. The molecule has 1 heterocycles. The molecule has 0 atom stereocenters. The van der Waals surface area contributed by atoms with Gasteiger partial charge >= 0.3 is 6.03 Å². The molecule has 0 saturated heterocycles. The summed E-state index contributed by atoms with van der Waals surface area (Å²) in [5.41, 5.74) is 4.34. The molecule has 26 heavy (non-hydrogen) atoms. The number of urea groups is 1. The molecule has 3 rings (SSSR count). The fourth-order valence-electron chi connectivity index (χ4n) is 3.11. The number of ether oxygens (including phenoxy) is 1. The first-order chi connectivity index (χ1) is 12.6. The molecule has 0 aromatic heterocycles. The topological polar surface area (TPSA) is 70.7 Å². The molecule has 2 aromatic rings. The van der Waals surface area contributed by atoms with Gasteiger partial charge in [-0.2, -0.15) is 0 Å². The third-order valence-electron chi connectivity index (χ3n) is 4.42. The number of anilines is 3. The Labute approximate surface area is 153 Å². The van der Waals surface area contributed by atoms with Crippen LogP contribution in [0.2, 0.25) is 0 Å². The molecule has 0 radical (unpaired) electrons. The Balaban J connectivity index is 1.75. The van der Waals surface area contributed by atoms with Crippen molar-refractivity contribution in [2.45, 2.75) is 19.8 Å². The van der Waals surface area contributed by atoms with E-state index < -0.39 is 0 Å². The first kappa shape index (κ1) is 17.9. The predicted molar refractivity (Wildman–Crippen MR) is 103 cm³/mol. The van der Waals surface area contributed by atoms with Crippen molar-refractivity contribution in [3.05, 3.63) is 53.6 Å². The van der Waals surface area contributed by atoms with Crippen LogP contribution in [-0.4, -0.2) is 32.2 Å². The average Bonchev–Trinajstić information content (AvgIpc) is 2.63. The lowest BCUT2D eigenvalue weighted by molar-refractivity contribution is -0.122. The molecule has 0 bridgehead atoms. The fraction of sp³-hybridized carbons (Fsp3) is 0.300. The second-order valence-electron chi connectivity index (χ2n) is 6.32. The van der Waals surface area contributed by atoms with Gasteiger partial charge in [0.1, 0.15) is 6.61 Å². The van der Waals surface area contributed by atoms with Crippen molar-refractivity contribution >= 4 is 29.0 Å². The number of methoxy groups -OCH3 is 1. The van der Waals surface area contributed by atoms with E-state index >= 15 is 0 Å². The highest BCUT2D eigenvalue weighted by Gasteiger charge is 2.22. The maximum absolute atomic E-state index is 12.3. The van der Waals surface area contributed by atoms with Crippen LogP contribution in [0, 0.1) is 6.92 Å². The maximum atomic E-state index is 12.3. The number of rotatable bonds is 4. The third kappa shape index (κ3) is 4.03. The number of hydrogen-bond acceptors (Lipinski definition) is 3. The summed E-state index contributed by atoms with van der Waals surface area (Å²) in [6.45, 7) is 2.65. The second-order valence-corrected chi connectivity index (χ2v) is 6.32. The van der Waals surface area contributed by atoms with Crippen molar-refractivity contribution in [1.29, 1.82) is 0 Å². The van der Waals surface area contributed by atoms with E-state index in [4.69, 9.17) is 4.74 Å². The lowest BCUT2D eigenvalue weighted by atomic mass is 10.0. The van der Waals surface area contributed by atoms with E-state index in [9.17, 15) is 9.59 Å². The second kappa shape index (κ2) is 8.01. The highest BCUT2D eigenvalue weighted by molar-refractivity contribution is 6.01. The van der Waals surface area contributed by atoms with Crippen molar-refractivity contribution < 1.29 is 14.3 Å². The molecule has 0 saturated carbocycles. The molecular weight excluding hydrogens is 330 g/mol.